The van der Waals surface area contributed by atoms with Crippen LogP contribution in [0.1, 0.15) is 23.6 Å². The maximum Gasteiger partial charge on any atom is 0.322 e. The quantitative estimate of drug-likeness (QED) is 0.883. The average Bonchev–Trinajstić information content (AvgIpc) is 2.64. The molecule has 0 atom stereocenters. The summed E-state index contributed by atoms with van der Waals surface area (Å²) < 4.78 is 0. The highest BCUT2D eigenvalue weighted by atomic mass is 16.2. The van der Waals surface area contributed by atoms with Gasteiger partial charge in [0, 0.05) is 11.3 Å². The number of aryl methyl sites for hydroxylation is 2. The van der Waals surface area contributed by atoms with Crippen LogP contribution in [0.15, 0.2) is 48.5 Å². The lowest BCUT2D eigenvalue weighted by Gasteiger charge is -2.32. The van der Waals surface area contributed by atoms with E-state index in [1.54, 1.807) is 4.90 Å². The van der Waals surface area contributed by atoms with Crippen molar-refractivity contribution in [2.75, 3.05) is 31.5 Å². The highest BCUT2D eigenvalue weighted by molar-refractivity contribution is 5.90. The Balaban J connectivity index is 1.51. The zero-order valence-electron chi connectivity index (χ0n) is 15.2. The molecule has 0 spiro atoms. The van der Waals surface area contributed by atoms with Gasteiger partial charge in [-0.2, -0.15) is 0 Å². The van der Waals surface area contributed by atoms with Gasteiger partial charge in [-0.05, 0) is 25.0 Å². The van der Waals surface area contributed by atoms with Crippen molar-refractivity contribution in [1.29, 1.82) is 0 Å². The van der Waals surface area contributed by atoms with E-state index in [0.717, 1.165) is 44.8 Å². The number of benzene rings is 2. The predicted molar refractivity (Wildman–Crippen MR) is 102 cm³/mol. The average molecular weight is 338 g/mol. The highest BCUT2D eigenvalue weighted by Gasteiger charge is 2.24. The lowest BCUT2D eigenvalue weighted by molar-refractivity contribution is -0.917. The van der Waals surface area contributed by atoms with Gasteiger partial charge in [-0.25, -0.2) is 4.79 Å². The van der Waals surface area contributed by atoms with Gasteiger partial charge in [0.05, 0.1) is 26.2 Å². The summed E-state index contributed by atoms with van der Waals surface area (Å²) in [6.45, 7) is 8.87. The zero-order chi connectivity index (χ0) is 17.6. The molecule has 2 N–H and O–H groups in total. The summed E-state index contributed by atoms with van der Waals surface area (Å²) in [5.41, 5.74) is 4.78. The van der Waals surface area contributed by atoms with Gasteiger partial charge in [0.1, 0.15) is 6.54 Å². The predicted octanol–water partition coefficient (Wildman–Crippen LogP) is 2.49. The van der Waals surface area contributed by atoms with E-state index in [2.05, 4.69) is 49.5 Å². The van der Waals surface area contributed by atoms with Crippen LogP contribution in [0.25, 0.3) is 0 Å². The third-order valence-electron chi connectivity index (χ3n) is 4.97. The van der Waals surface area contributed by atoms with Crippen LogP contribution >= 0.6 is 0 Å². The van der Waals surface area contributed by atoms with Gasteiger partial charge < -0.3 is 15.1 Å². The lowest BCUT2D eigenvalue weighted by atomic mass is 10.1. The number of anilines is 1. The van der Waals surface area contributed by atoms with E-state index in [1.165, 1.54) is 16.7 Å². The molecule has 4 nitrogen and oxygen atoms in total. The van der Waals surface area contributed by atoms with Crippen molar-refractivity contribution in [2.45, 2.75) is 26.8 Å². The van der Waals surface area contributed by atoms with Crippen molar-refractivity contribution in [2.24, 2.45) is 0 Å². The first-order valence-corrected chi connectivity index (χ1v) is 9.18. The number of piperazine rings is 1. The number of carbonyl (C=O) groups excluding carboxylic acids is 1. The van der Waals surface area contributed by atoms with Crippen molar-refractivity contribution in [3.63, 3.8) is 0 Å². The fraction of sp³-hybridized carbons (Fsp3) is 0.381. The van der Waals surface area contributed by atoms with Gasteiger partial charge in [-0.3, -0.25) is 0 Å². The van der Waals surface area contributed by atoms with Crippen molar-refractivity contribution < 1.29 is 9.69 Å². The Bertz CT molecular complexity index is 703. The molecule has 0 radical (unpaired) electrons. The van der Waals surface area contributed by atoms with Crippen LogP contribution in [0.2, 0.25) is 0 Å². The minimum atomic E-state index is 0.0234. The Hall–Kier alpha value is -2.33. The number of carbonyl (C=O) groups is 1. The second-order valence-electron chi connectivity index (χ2n) is 6.84. The SMILES string of the molecule is CCc1ccccc1NC(=O)N1CC[NH+](Cc2ccc(C)cc2)CC1. The Morgan fingerprint density at radius 1 is 1.08 bits per heavy atom. The summed E-state index contributed by atoms with van der Waals surface area (Å²) >= 11 is 0. The summed E-state index contributed by atoms with van der Waals surface area (Å²) in [6, 6.07) is 16.8. The molecule has 0 saturated carbocycles. The lowest BCUT2D eigenvalue weighted by Crippen LogP contribution is -3.13. The molecule has 1 aliphatic rings. The van der Waals surface area contributed by atoms with Gasteiger partial charge in [0.15, 0.2) is 0 Å². The topological polar surface area (TPSA) is 36.8 Å². The van der Waals surface area contributed by atoms with E-state index in [9.17, 15) is 4.79 Å². The summed E-state index contributed by atoms with van der Waals surface area (Å²) in [6.07, 6.45) is 0.922. The molecule has 1 fully saturated rings. The van der Waals surface area contributed by atoms with Crippen LogP contribution in [0.4, 0.5) is 10.5 Å². The van der Waals surface area contributed by atoms with Crippen LogP contribution in [-0.4, -0.2) is 37.1 Å². The van der Waals surface area contributed by atoms with E-state index in [-0.39, 0.29) is 6.03 Å². The van der Waals surface area contributed by atoms with Crippen LogP contribution in [-0.2, 0) is 13.0 Å². The molecule has 1 heterocycles. The van der Waals surface area contributed by atoms with Crippen molar-refractivity contribution >= 4 is 11.7 Å². The molecule has 1 aliphatic heterocycles. The van der Waals surface area contributed by atoms with Crippen LogP contribution < -0.4 is 10.2 Å². The Labute approximate surface area is 150 Å². The first kappa shape index (κ1) is 17.5. The molecule has 0 aromatic heterocycles. The first-order valence-electron chi connectivity index (χ1n) is 9.18. The van der Waals surface area contributed by atoms with Gasteiger partial charge in [0.2, 0.25) is 0 Å². The van der Waals surface area contributed by atoms with Crippen molar-refractivity contribution in [3.05, 3.63) is 65.2 Å². The van der Waals surface area contributed by atoms with Gasteiger partial charge >= 0.3 is 6.03 Å². The van der Waals surface area contributed by atoms with Crippen LogP contribution in [0.3, 0.4) is 0 Å². The Morgan fingerprint density at radius 3 is 2.44 bits per heavy atom. The van der Waals surface area contributed by atoms with Crippen LogP contribution in [0.5, 0.6) is 0 Å². The molecule has 4 heteroatoms. The maximum absolute atomic E-state index is 12.5. The van der Waals surface area contributed by atoms with Gasteiger partial charge in [0.25, 0.3) is 0 Å². The largest absolute Gasteiger partial charge is 0.328 e. The second-order valence-corrected chi connectivity index (χ2v) is 6.84. The molecule has 2 aromatic rings. The molecular formula is C21H28N3O+. The number of amides is 2. The molecule has 0 aliphatic carbocycles. The third kappa shape index (κ3) is 4.60. The smallest absolute Gasteiger partial charge is 0.322 e. The Morgan fingerprint density at radius 2 is 1.76 bits per heavy atom. The number of nitrogens with zero attached hydrogens (tertiary/aromatic N) is 1. The maximum atomic E-state index is 12.5. The molecule has 2 aromatic carbocycles. The summed E-state index contributed by atoms with van der Waals surface area (Å²) in [5.74, 6) is 0. The van der Waals surface area contributed by atoms with Crippen molar-refractivity contribution in [3.8, 4) is 0 Å². The summed E-state index contributed by atoms with van der Waals surface area (Å²) in [7, 11) is 0. The number of rotatable bonds is 4. The number of hydrogen-bond donors (Lipinski definition) is 2. The van der Waals surface area contributed by atoms with Gasteiger partial charge in [-0.1, -0.05) is 55.0 Å². The Kier molecular flexibility index (Phi) is 5.71. The fourth-order valence-electron chi connectivity index (χ4n) is 3.34. The zero-order valence-corrected chi connectivity index (χ0v) is 15.2. The van der Waals surface area contributed by atoms with E-state index in [0.29, 0.717) is 0 Å². The normalized spacial score (nSPS) is 15.2. The monoisotopic (exact) mass is 338 g/mol. The molecule has 0 unspecified atom stereocenters. The molecular weight excluding hydrogens is 310 g/mol. The molecule has 3 rings (SSSR count). The molecule has 132 valence electrons. The standard InChI is InChI=1S/C21H27N3O/c1-3-19-6-4-5-7-20(19)22-21(25)24-14-12-23(13-15-24)16-18-10-8-17(2)9-11-18/h4-11H,3,12-16H2,1-2H3,(H,22,25)/p+1. The number of quaternary nitrogens is 1. The van der Waals surface area contributed by atoms with E-state index >= 15 is 0 Å². The van der Waals surface area contributed by atoms with E-state index in [4.69, 9.17) is 0 Å². The minimum Gasteiger partial charge on any atom is -0.328 e. The molecule has 2 amide bonds. The number of para-hydroxylation sites is 1. The number of hydrogen-bond acceptors (Lipinski definition) is 1. The van der Waals surface area contributed by atoms with Crippen molar-refractivity contribution in [1.82, 2.24) is 4.90 Å². The molecule has 25 heavy (non-hydrogen) atoms. The summed E-state index contributed by atoms with van der Waals surface area (Å²) in [4.78, 5) is 16.0. The van der Waals surface area contributed by atoms with E-state index < -0.39 is 0 Å². The highest BCUT2D eigenvalue weighted by Crippen LogP contribution is 2.16. The summed E-state index contributed by atoms with van der Waals surface area (Å²) in [5, 5.41) is 3.08. The fourth-order valence-corrected chi connectivity index (χ4v) is 3.34. The third-order valence-corrected chi connectivity index (χ3v) is 4.97. The minimum absolute atomic E-state index is 0.0234. The molecule has 1 saturated heterocycles. The molecule has 0 bridgehead atoms. The first-order chi connectivity index (χ1) is 12.2. The number of nitrogens with one attached hydrogen (secondary N) is 2. The number of urea groups is 1. The van der Waals surface area contributed by atoms with Crippen LogP contribution in [0, 0.1) is 6.92 Å². The van der Waals surface area contributed by atoms with Gasteiger partial charge in [-0.15, -0.1) is 0 Å². The van der Waals surface area contributed by atoms with E-state index in [1.807, 2.05) is 23.1 Å². The second kappa shape index (κ2) is 8.17.